The minimum atomic E-state index is -0.708. The molecular weight excluding hydrogens is 396 g/mol. The van der Waals surface area contributed by atoms with Crippen LogP contribution < -0.4 is 14.4 Å². The molecule has 2 aromatic carbocycles. The number of ether oxygens (including phenoxy) is 3. The fourth-order valence-corrected chi connectivity index (χ4v) is 3.84. The van der Waals surface area contributed by atoms with Gasteiger partial charge in [0.2, 0.25) is 5.91 Å². The highest BCUT2D eigenvalue weighted by atomic mass is 16.5. The van der Waals surface area contributed by atoms with Crippen molar-refractivity contribution in [3.05, 3.63) is 54.1 Å². The molecule has 2 aliphatic heterocycles. The molecule has 1 saturated heterocycles. The molecule has 7 nitrogen and oxygen atoms in total. The number of carbonyl (C=O) groups is 2. The van der Waals surface area contributed by atoms with Gasteiger partial charge in [0.1, 0.15) is 11.5 Å². The predicted octanol–water partition coefficient (Wildman–Crippen LogP) is 2.81. The highest BCUT2D eigenvalue weighted by Gasteiger charge is 2.36. The second-order valence-corrected chi connectivity index (χ2v) is 7.78. The summed E-state index contributed by atoms with van der Waals surface area (Å²) in [4.78, 5) is 29.4. The Kier molecular flexibility index (Phi) is 6.72. The molecule has 0 radical (unpaired) electrons. The molecule has 0 aromatic heterocycles. The Morgan fingerprint density at radius 2 is 1.90 bits per heavy atom. The second kappa shape index (κ2) is 9.83. The molecule has 0 unspecified atom stereocenters. The first kappa shape index (κ1) is 21.2. The Balaban J connectivity index is 1.38. The lowest BCUT2D eigenvalue weighted by Gasteiger charge is -2.37. The normalized spacial score (nSPS) is 18.2. The van der Waals surface area contributed by atoms with E-state index in [-0.39, 0.29) is 18.4 Å². The van der Waals surface area contributed by atoms with Crippen molar-refractivity contribution in [1.29, 1.82) is 0 Å². The minimum Gasteiger partial charge on any atom is -0.494 e. The summed E-state index contributed by atoms with van der Waals surface area (Å²) in [7, 11) is 0. The summed E-state index contributed by atoms with van der Waals surface area (Å²) >= 11 is 0. The maximum absolute atomic E-state index is 13.0. The van der Waals surface area contributed by atoms with Gasteiger partial charge in [-0.25, -0.2) is 0 Å². The summed E-state index contributed by atoms with van der Waals surface area (Å²) in [6, 6.07) is 15.2. The van der Waals surface area contributed by atoms with E-state index in [0.29, 0.717) is 57.2 Å². The van der Waals surface area contributed by atoms with Gasteiger partial charge in [-0.3, -0.25) is 9.59 Å². The van der Waals surface area contributed by atoms with Crippen molar-refractivity contribution in [3.8, 4) is 11.5 Å². The maximum Gasteiger partial charge on any atom is 0.265 e. The molecule has 1 atom stereocenters. The quantitative estimate of drug-likeness (QED) is 0.667. The van der Waals surface area contributed by atoms with Gasteiger partial charge < -0.3 is 24.0 Å². The number of carbonyl (C=O) groups excluding carboxylic acids is 2. The molecule has 7 heteroatoms. The van der Waals surface area contributed by atoms with Crippen LogP contribution in [0, 0.1) is 6.92 Å². The van der Waals surface area contributed by atoms with E-state index in [2.05, 4.69) is 0 Å². The summed E-state index contributed by atoms with van der Waals surface area (Å²) < 4.78 is 17.1. The Hall–Kier alpha value is -3.06. The lowest BCUT2D eigenvalue weighted by molar-refractivity contribution is -0.142. The van der Waals surface area contributed by atoms with Gasteiger partial charge in [0.15, 0.2) is 6.10 Å². The summed E-state index contributed by atoms with van der Waals surface area (Å²) in [6.45, 7) is 4.83. The van der Waals surface area contributed by atoms with Crippen LogP contribution in [0.2, 0.25) is 0 Å². The number of aryl methyl sites for hydroxylation is 1. The van der Waals surface area contributed by atoms with Crippen molar-refractivity contribution < 1.29 is 23.8 Å². The van der Waals surface area contributed by atoms with Gasteiger partial charge in [-0.05, 0) is 43.2 Å². The molecule has 0 bridgehead atoms. The Morgan fingerprint density at radius 3 is 2.71 bits per heavy atom. The Labute approximate surface area is 182 Å². The SMILES string of the molecule is Cc1cccc(OCCCC(=O)N2C[C@@H](C(=O)N3CCOCC3)Oc3ccccc32)c1. The van der Waals surface area contributed by atoms with Gasteiger partial charge in [0.25, 0.3) is 5.91 Å². The van der Waals surface area contributed by atoms with E-state index in [1.807, 2.05) is 49.4 Å². The number of para-hydroxylation sites is 2. The van der Waals surface area contributed by atoms with E-state index < -0.39 is 6.10 Å². The zero-order valence-electron chi connectivity index (χ0n) is 17.8. The number of morpholine rings is 1. The third kappa shape index (κ3) is 5.17. The van der Waals surface area contributed by atoms with E-state index in [1.54, 1.807) is 15.9 Å². The number of hydrogen-bond donors (Lipinski definition) is 0. The van der Waals surface area contributed by atoms with Crippen molar-refractivity contribution >= 4 is 17.5 Å². The molecule has 2 aromatic rings. The van der Waals surface area contributed by atoms with Crippen LogP contribution in [-0.4, -0.2) is 62.3 Å². The number of fused-ring (bicyclic) bond motifs is 1. The molecule has 31 heavy (non-hydrogen) atoms. The van der Waals surface area contributed by atoms with Gasteiger partial charge in [0.05, 0.1) is 32.1 Å². The maximum atomic E-state index is 13.0. The van der Waals surface area contributed by atoms with Gasteiger partial charge in [-0.1, -0.05) is 24.3 Å². The molecule has 0 spiro atoms. The van der Waals surface area contributed by atoms with E-state index in [9.17, 15) is 9.59 Å². The molecule has 0 saturated carbocycles. The summed E-state index contributed by atoms with van der Waals surface area (Å²) in [5.74, 6) is 1.23. The molecular formula is C24H28N2O5. The number of rotatable bonds is 6. The summed E-state index contributed by atoms with van der Waals surface area (Å²) in [5, 5.41) is 0. The van der Waals surface area contributed by atoms with Crippen LogP contribution in [0.15, 0.2) is 48.5 Å². The first-order chi connectivity index (χ1) is 15.1. The molecule has 1 fully saturated rings. The largest absolute Gasteiger partial charge is 0.494 e. The van der Waals surface area contributed by atoms with Crippen molar-refractivity contribution in [2.24, 2.45) is 0 Å². The molecule has 164 valence electrons. The van der Waals surface area contributed by atoms with Crippen LogP contribution in [0.4, 0.5) is 5.69 Å². The average Bonchev–Trinajstić information content (AvgIpc) is 2.81. The van der Waals surface area contributed by atoms with Gasteiger partial charge in [-0.15, -0.1) is 0 Å². The molecule has 2 amide bonds. The Bertz CT molecular complexity index is 926. The van der Waals surface area contributed by atoms with Gasteiger partial charge in [-0.2, -0.15) is 0 Å². The van der Waals surface area contributed by atoms with E-state index in [1.165, 1.54) is 0 Å². The van der Waals surface area contributed by atoms with E-state index in [0.717, 1.165) is 11.3 Å². The van der Waals surface area contributed by atoms with Crippen molar-refractivity contribution in [2.45, 2.75) is 25.9 Å². The fraction of sp³-hybridized carbons (Fsp3) is 0.417. The zero-order valence-corrected chi connectivity index (χ0v) is 17.8. The molecule has 2 heterocycles. The van der Waals surface area contributed by atoms with Crippen LogP contribution in [0.25, 0.3) is 0 Å². The highest BCUT2D eigenvalue weighted by Crippen LogP contribution is 2.34. The third-order valence-electron chi connectivity index (χ3n) is 5.47. The monoisotopic (exact) mass is 424 g/mol. The van der Waals surface area contributed by atoms with Gasteiger partial charge in [0, 0.05) is 19.5 Å². The predicted molar refractivity (Wildman–Crippen MR) is 117 cm³/mol. The standard InChI is InChI=1S/C24H28N2O5/c1-18-6-4-7-19(16-18)30-13-5-10-23(27)26-17-22(24(28)25-11-14-29-15-12-25)31-21-9-3-2-8-20(21)26/h2-4,6-9,16,22H,5,10-15,17H2,1H3/t22-/m0/s1. The number of hydrogen-bond acceptors (Lipinski definition) is 5. The average molecular weight is 424 g/mol. The fourth-order valence-electron chi connectivity index (χ4n) is 3.84. The second-order valence-electron chi connectivity index (χ2n) is 7.78. The van der Waals surface area contributed by atoms with Crippen molar-refractivity contribution in [2.75, 3.05) is 44.4 Å². The smallest absolute Gasteiger partial charge is 0.265 e. The van der Waals surface area contributed by atoms with Crippen molar-refractivity contribution in [1.82, 2.24) is 4.90 Å². The van der Waals surface area contributed by atoms with Crippen LogP contribution in [0.3, 0.4) is 0 Å². The van der Waals surface area contributed by atoms with Crippen LogP contribution in [0.5, 0.6) is 11.5 Å². The third-order valence-corrected chi connectivity index (χ3v) is 5.47. The topological polar surface area (TPSA) is 68.3 Å². The molecule has 2 aliphatic rings. The lowest BCUT2D eigenvalue weighted by atomic mass is 10.1. The Morgan fingerprint density at radius 1 is 1.10 bits per heavy atom. The molecule has 0 N–H and O–H groups in total. The number of nitrogens with zero attached hydrogens (tertiary/aromatic N) is 2. The van der Waals surface area contributed by atoms with Crippen molar-refractivity contribution in [3.63, 3.8) is 0 Å². The first-order valence-electron chi connectivity index (χ1n) is 10.7. The van der Waals surface area contributed by atoms with E-state index >= 15 is 0 Å². The summed E-state index contributed by atoms with van der Waals surface area (Å²) in [5.41, 5.74) is 1.84. The van der Waals surface area contributed by atoms with Crippen LogP contribution >= 0.6 is 0 Å². The number of benzene rings is 2. The van der Waals surface area contributed by atoms with Crippen LogP contribution in [-0.2, 0) is 14.3 Å². The summed E-state index contributed by atoms with van der Waals surface area (Å²) in [6.07, 6.45) is 0.216. The zero-order chi connectivity index (χ0) is 21.6. The molecule has 4 rings (SSSR count). The minimum absolute atomic E-state index is 0.0385. The lowest BCUT2D eigenvalue weighted by Crippen LogP contribution is -2.54. The number of anilines is 1. The molecule has 0 aliphatic carbocycles. The van der Waals surface area contributed by atoms with Crippen LogP contribution in [0.1, 0.15) is 18.4 Å². The van der Waals surface area contributed by atoms with E-state index in [4.69, 9.17) is 14.2 Å². The highest BCUT2D eigenvalue weighted by molar-refractivity contribution is 5.97. The number of amides is 2. The first-order valence-corrected chi connectivity index (χ1v) is 10.7. The van der Waals surface area contributed by atoms with Gasteiger partial charge >= 0.3 is 0 Å².